The van der Waals surface area contributed by atoms with Gasteiger partial charge in [0.2, 0.25) is 11.6 Å². The van der Waals surface area contributed by atoms with Gasteiger partial charge in [-0.15, -0.1) is 11.6 Å². The molecule has 152 valence electrons. The zero-order valence-electron chi connectivity index (χ0n) is 16.5. The molecule has 0 unspecified atom stereocenters. The van der Waals surface area contributed by atoms with Crippen molar-refractivity contribution >= 4 is 34.5 Å². The second kappa shape index (κ2) is 7.95. The quantitative estimate of drug-likeness (QED) is 0.612. The number of rotatable bonds is 4. The molecule has 4 rings (SSSR count). The second-order valence-corrected chi connectivity index (χ2v) is 7.76. The molecule has 6 nitrogen and oxygen atoms in total. The Morgan fingerprint density at radius 3 is 2.66 bits per heavy atom. The fourth-order valence-electron chi connectivity index (χ4n) is 4.12. The van der Waals surface area contributed by atoms with E-state index in [-0.39, 0.29) is 29.8 Å². The molecule has 3 heterocycles. The van der Waals surface area contributed by atoms with Crippen LogP contribution in [0.1, 0.15) is 35.9 Å². The lowest BCUT2D eigenvalue weighted by Gasteiger charge is -2.39. The van der Waals surface area contributed by atoms with Crippen LogP contribution in [0.2, 0.25) is 0 Å². The van der Waals surface area contributed by atoms with E-state index >= 15 is 0 Å². The molecular weight excluding hydrogens is 390 g/mol. The molecule has 3 aromatic rings. The van der Waals surface area contributed by atoms with E-state index in [0.29, 0.717) is 31.0 Å². The van der Waals surface area contributed by atoms with Crippen LogP contribution in [0.3, 0.4) is 0 Å². The molecule has 2 amide bonds. The molecule has 1 fully saturated rings. The van der Waals surface area contributed by atoms with E-state index in [1.807, 2.05) is 58.9 Å². The van der Waals surface area contributed by atoms with Crippen LogP contribution in [-0.2, 0) is 4.79 Å². The second-order valence-electron chi connectivity index (χ2n) is 7.49. The molecule has 0 N–H and O–H groups in total. The van der Waals surface area contributed by atoms with Gasteiger partial charge in [0.1, 0.15) is 11.6 Å². The molecule has 1 aromatic carbocycles. The Balaban J connectivity index is 1.65. The van der Waals surface area contributed by atoms with Gasteiger partial charge in [-0.1, -0.05) is 30.3 Å². The lowest BCUT2D eigenvalue weighted by Crippen LogP contribution is -2.56. The van der Waals surface area contributed by atoms with Gasteiger partial charge in [-0.2, -0.15) is 0 Å². The van der Waals surface area contributed by atoms with Gasteiger partial charge in [-0.25, -0.2) is 0 Å². The number of alkyl halides is 1. The van der Waals surface area contributed by atoms with Crippen molar-refractivity contribution < 1.29 is 14.0 Å². The van der Waals surface area contributed by atoms with Gasteiger partial charge in [0, 0.05) is 31.1 Å². The van der Waals surface area contributed by atoms with Gasteiger partial charge in [0.25, 0.3) is 5.91 Å². The van der Waals surface area contributed by atoms with Crippen LogP contribution in [0.4, 0.5) is 0 Å². The average Bonchev–Trinajstić information content (AvgIpc) is 3.34. The topological polar surface area (TPSA) is 58.7 Å². The van der Waals surface area contributed by atoms with Crippen molar-refractivity contribution in [1.82, 2.24) is 14.4 Å². The van der Waals surface area contributed by atoms with Crippen molar-refractivity contribution in [2.75, 3.05) is 25.5 Å². The highest BCUT2D eigenvalue weighted by molar-refractivity contribution is 6.27. The smallest absolute Gasteiger partial charge is 0.270 e. The lowest BCUT2D eigenvalue weighted by atomic mass is 10.1. The predicted octanol–water partition coefficient (Wildman–Crippen LogP) is 3.76. The Labute approximate surface area is 174 Å². The molecule has 1 aliphatic heterocycles. The summed E-state index contributed by atoms with van der Waals surface area (Å²) in [6.07, 6.45) is 1.64. The summed E-state index contributed by atoms with van der Waals surface area (Å²) >= 11 is 5.71. The van der Waals surface area contributed by atoms with Crippen LogP contribution in [0.25, 0.3) is 11.1 Å². The molecule has 0 radical (unpaired) electrons. The maximum Gasteiger partial charge on any atom is 0.270 e. The monoisotopic (exact) mass is 413 g/mol. The number of fused-ring (bicyclic) bond motifs is 1. The molecule has 7 heteroatoms. The summed E-state index contributed by atoms with van der Waals surface area (Å²) in [4.78, 5) is 29.0. The molecule has 0 bridgehead atoms. The molecule has 0 spiro atoms. The molecule has 1 saturated heterocycles. The maximum atomic E-state index is 13.4. The Morgan fingerprint density at radius 2 is 1.97 bits per heavy atom. The number of carbonyl (C=O) groups is 2. The van der Waals surface area contributed by atoms with E-state index in [9.17, 15) is 9.59 Å². The third-order valence-electron chi connectivity index (χ3n) is 5.68. The van der Waals surface area contributed by atoms with Crippen LogP contribution < -0.4 is 0 Å². The summed E-state index contributed by atoms with van der Waals surface area (Å²) < 4.78 is 7.68. The zero-order valence-corrected chi connectivity index (χ0v) is 17.3. The van der Waals surface area contributed by atoms with Crippen molar-refractivity contribution in [3.63, 3.8) is 0 Å². The molecule has 2 atom stereocenters. The maximum absolute atomic E-state index is 13.4. The minimum absolute atomic E-state index is 0.0356. The highest BCUT2D eigenvalue weighted by Gasteiger charge is 2.32. The number of amides is 2. The average molecular weight is 414 g/mol. The Kier molecular flexibility index (Phi) is 5.37. The van der Waals surface area contributed by atoms with Crippen molar-refractivity contribution in [2.45, 2.75) is 25.9 Å². The Morgan fingerprint density at radius 1 is 1.21 bits per heavy atom. The number of hydrogen-bond acceptors (Lipinski definition) is 3. The zero-order chi connectivity index (χ0) is 20.5. The molecule has 1 aliphatic rings. The standard InChI is InChI=1S/C22H24ClN3O3/c1-15-14-24(9-10-25(15)20(27)13-23)21(28)19-12-18-8-11-29-22(18)26(19)16(2)17-6-4-3-5-7-17/h3-8,11-12,15-16H,9-10,13-14H2,1-2H3/t15-,16+/m1/s1. The van der Waals surface area contributed by atoms with Gasteiger partial charge in [0.15, 0.2) is 0 Å². The van der Waals surface area contributed by atoms with Crippen LogP contribution in [0.15, 0.2) is 53.1 Å². The summed E-state index contributed by atoms with van der Waals surface area (Å²) in [6, 6.07) is 13.7. The highest BCUT2D eigenvalue weighted by Crippen LogP contribution is 2.30. The number of benzene rings is 1. The highest BCUT2D eigenvalue weighted by atomic mass is 35.5. The van der Waals surface area contributed by atoms with Crippen LogP contribution in [0, 0.1) is 0 Å². The molecule has 0 saturated carbocycles. The third kappa shape index (κ3) is 3.53. The number of aromatic nitrogens is 1. The Bertz CT molecular complexity index is 1030. The normalized spacial score (nSPS) is 18.2. The number of halogens is 1. The molecule has 0 aliphatic carbocycles. The van der Waals surface area contributed by atoms with Gasteiger partial charge >= 0.3 is 0 Å². The first kappa shape index (κ1) is 19.6. The number of piperazine rings is 1. The fraction of sp³-hybridized carbons (Fsp3) is 0.364. The Hall–Kier alpha value is -2.73. The minimum Gasteiger partial charge on any atom is -0.448 e. The van der Waals surface area contributed by atoms with Gasteiger partial charge in [0.05, 0.1) is 12.3 Å². The van der Waals surface area contributed by atoms with Crippen LogP contribution in [-0.4, -0.2) is 57.7 Å². The summed E-state index contributed by atoms with van der Waals surface area (Å²) in [7, 11) is 0. The van der Waals surface area contributed by atoms with E-state index in [4.69, 9.17) is 16.0 Å². The van der Waals surface area contributed by atoms with E-state index in [1.54, 1.807) is 11.2 Å². The summed E-state index contributed by atoms with van der Waals surface area (Å²) in [5.74, 6) is -0.180. The third-order valence-corrected chi connectivity index (χ3v) is 5.91. The van der Waals surface area contributed by atoms with Crippen molar-refractivity contribution in [1.29, 1.82) is 0 Å². The SMILES string of the molecule is C[C@@H]1CN(C(=O)c2cc3ccoc3n2[C@@H](C)c2ccccc2)CCN1C(=O)CCl. The van der Waals surface area contributed by atoms with Gasteiger partial charge in [-0.3, -0.25) is 14.2 Å². The summed E-state index contributed by atoms with van der Waals surface area (Å²) in [5, 5.41) is 0.903. The minimum atomic E-state index is -0.0927. The van der Waals surface area contributed by atoms with E-state index in [1.165, 1.54) is 0 Å². The molecular formula is C22H24ClN3O3. The van der Waals surface area contributed by atoms with Crippen molar-refractivity contribution in [3.05, 3.63) is 60.0 Å². The largest absolute Gasteiger partial charge is 0.448 e. The predicted molar refractivity (Wildman–Crippen MR) is 112 cm³/mol. The number of nitrogens with zero attached hydrogens (tertiary/aromatic N) is 3. The molecule has 29 heavy (non-hydrogen) atoms. The molecule has 2 aromatic heterocycles. The number of carbonyl (C=O) groups excluding carboxylic acids is 2. The van der Waals surface area contributed by atoms with E-state index < -0.39 is 0 Å². The van der Waals surface area contributed by atoms with E-state index in [2.05, 4.69) is 6.92 Å². The van der Waals surface area contributed by atoms with Crippen LogP contribution in [0.5, 0.6) is 0 Å². The van der Waals surface area contributed by atoms with Crippen molar-refractivity contribution in [3.8, 4) is 0 Å². The van der Waals surface area contributed by atoms with E-state index in [0.717, 1.165) is 10.9 Å². The number of furan rings is 1. The summed E-state index contributed by atoms with van der Waals surface area (Å²) in [6.45, 7) is 5.46. The fourth-order valence-corrected chi connectivity index (χ4v) is 4.28. The first-order valence-corrected chi connectivity index (χ1v) is 10.3. The first-order valence-electron chi connectivity index (χ1n) is 9.79. The lowest BCUT2D eigenvalue weighted by molar-refractivity contribution is -0.132. The first-order chi connectivity index (χ1) is 14.0. The van der Waals surface area contributed by atoms with Crippen molar-refractivity contribution in [2.24, 2.45) is 0 Å². The van der Waals surface area contributed by atoms with Gasteiger partial charge in [-0.05, 0) is 31.5 Å². The number of hydrogen-bond donors (Lipinski definition) is 0. The van der Waals surface area contributed by atoms with Gasteiger partial charge < -0.3 is 14.2 Å². The van der Waals surface area contributed by atoms with Crippen LogP contribution >= 0.6 is 11.6 Å². The summed E-state index contributed by atoms with van der Waals surface area (Å²) in [5.41, 5.74) is 2.38.